The minimum Gasteiger partial charge on any atom is -0.550 e. The average molecular weight is 167 g/mol. The van der Waals surface area contributed by atoms with Crippen LogP contribution in [0.25, 0.3) is 0 Å². The molecule has 4 nitrogen and oxygen atoms in total. The maximum Gasteiger partial charge on any atom is 0.108 e. The Bertz CT molecular complexity index is 311. The van der Waals surface area contributed by atoms with E-state index in [1.54, 1.807) is 0 Å². The molecule has 0 radical (unpaired) electrons. The standard InChI is InChI=1S/C7H15NO3/c1-8(2,3)5-6(9)4-7(10)11/h6,9H,4-5H2,1-3H3/t6-/m0/s1/i1D3,5D2,6D. The summed E-state index contributed by atoms with van der Waals surface area (Å²) in [5.41, 5.74) is 0. The second-order valence-corrected chi connectivity index (χ2v) is 2.56. The van der Waals surface area contributed by atoms with Crippen LogP contribution in [0.4, 0.5) is 0 Å². The van der Waals surface area contributed by atoms with E-state index in [4.69, 9.17) is 8.22 Å². The van der Waals surface area contributed by atoms with Crippen molar-refractivity contribution < 1.29 is 27.7 Å². The zero-order valence-electron chi connectivity index (χ0n) is 12.4. The Morgan fingerprint density at radius 2 is 2.55 bits per heavy atom. The monoisotopic (exact) mass is 167 g/mol. The lowest BCUT2D eigenvalue weighted by molar-refractivity contribution is -0.873. The van der Waals surface area contributed by atoms with Gasteiger partial charge in [-0.3, -0.25) is 0 Å². The Morgan fingerprint density at radius 3 is 2.91 bits per heavy atom. The van der Waals surface area contributed by atoms with Crippen LogP contribution in [0.2, 0.25) is 0 Å². The lowest BCUT2D eigenvalue weighted by Crippen LogP contribution is -2.43. The number of carboxylic acid groups (broad SMARTS) is 1. The first-order chi connectivity index (χ1) is 7.17. The summed E-state index contributed by atoms with van der Waals surface area (Å²) in [4.78, 5) is 10.3. The van der Waals surface area contributed by atoms with Gasteiger partial charge in [0, 0.05) is 12.4 Å². The molecule has 0 aromatic heterocycles. The van der Waals surface area contributed by atoms with Crippen molar-refractivity contribution in [2.45, 2.75) is 12.5 Å². The number of nitrogens with zero attached hydrogens (tertiary/aromatic N) is 1. The van der Waals surface area contributed by atoms with Crippen LogP contribution in [0, 0.1) is 0 Å². The molecule has 0 aromatic carbocycles. The molecule has 0 saturated heterocycles. The third-order valence-electron chi connectivity index (χ3n) is 0.720. The number of hydrogen-bond acceptors (Lipinski definition) is 3. The van der Waals surface area contributed by atoms with E-state index >= 15 is 0 Å². The second kappa shape index (κ2) is 3.69. The number of carbonyl (C=O) groups is 1. The van der Waals surface area contributed by atoms with Gasteiger partial charge in [-0.05, 0) is 0 Å². The number of quaternary nitrogens is 1. The topological polar surface area (TPSA) is 60.4 Å². The van der Waals surface area contributed by atoms with Gasteiger partial charge in [0.25, 0.3) is 0 Å². The fraction of sp³-hybridized carbons (Fsp3) is 0.857. The maximum absolute atomic E-state index is 10.3. The Labute approximate surface area is 75.1 Å². The highest BCUT2D eigenvalue weighted by molar-refractivity contribution is 5.64. The van der Waals surface area contributed by atoms with Crippen molar-refractivity contribution in [1.82, 2.24) is 0 Å². The van der Waals surface area contributed by atoms with Gasteiger partial charge >= 0.3 is 0 Å². The first-order valence-electron chi connectivity index (χ1n) is 5.93. The molecule has 4 heteroatoms. The predicted molar refractivity (Wildman–Crippen MR) is 38.5 cm³/mol. The van der Waals surface area contributed by atoms with Crippen molar-refractivity contribution in [3.63, 3.8) is 0 Å². The Kier molecular flexibility index (Phi) is 1.30. The zero-order valence-corrected chi connectivity index (χ0v) is 6.42. The smallest absolute Gasteiger partial charge is 0.108 e. The number of aliphatic carboxylic acids is 1. The van der Waals surface area contributed by atoms with Crippen LogP contribution in [0.15, 0.2) is 0 Å². The predicted octanol–water partition coefficient (Wildman–Crippen LogP) is -1.81. The molecule has 0 unspecified atom stereocenters. The van der Waals surface area contributed by atoms with Crippen molar-refractivity contribution in [2.75, 3.05) is 27.6 Å². The SMILES string of the molecule is [2H]C([2H])([2H])[N+](C)(C)C([2H])([2H])[C@@]([2H])(O)CC(=O)[O-]. The van der Waals surface area contributed by atoms with Gasteiger partial charge in [-0.15, -0.1) is 0 Å². The van der Waals surface area contributed by atoms with Gasteiger partial charge in [-0.25, -0.2) is 0 Å². The number of carbonyl (C=O) groups excluding carboxylic acids is 1. The highest BCUT2D eigenvalue weighted by Gasteiger charge is 2.14. The molecule has 0 heterocycles. The molecule has 1 atom stereocenters. The van der Waals surface area contributed by atoms with Crippen molar-refractivity contribution in [2.24, 2.45) is 0 Å². The number of hydrogen-bond donors (Lipinski definition) is 1. The summed E-state index contributed by atoms with van der Waals surface area (Å²) in [7, 11) is 1.89. The molecule has 0 fully saturated rings. The molecule has 0 amide bonds. The average Bonchev–Trinajstić information content (AvgIpc) is 1.98. The normalized spacial score (nSPS) is 27.9. The lowest BCUT2D eigenvalue weighted by Gasteiger charge is -2.26. The third-order valence-corrected chi connectivity index (χ3v) is 0.720. The summed E-state index contributed by atoms with van der Waals surface area (Å²) in [6.07, 6.45) is -4.43. The Balaban J connectivity index is 5.47. The molecular weight excluding hydrogens is 146 g/mol. The van der Waals surface area contributed by atoms with E-state index < -0.39 is 36.4 Å². The van der Waals surface area contributed by atoms with Gasteiger partial charge in [-0.1, -0.05) is 0 Å². The minimum absolute atomic E-state index is 0.946. The van der Waals surface area contributed by atoms with E-state index in [0.29, 0.717) is 0 Å². The molecule has 0 saturated carbocycles. The minimum atomic E-state index is -3.11. The highest BCUT2D eigenvalue weighted by atomic mass is 16.4. The van der Waals surface area contributed by atoms with E-state index in [9.17, 15) is 15.0 Å². The molecule has 0 aliphatic heterocycles. The maximum atomic E-state index is 10.3. The lowest BCUT2D eigenvalue weighted by atomic mass is 10.2. The summed E-state index contributed by atoms with van der Waals surface area (Å²) >= 11 is 0. The molecular formula is C7H15NO3. The van der Waals surface area contributed by atoms with Crippen LogP contribution in [0.5, 0.6) is 0 Å². The molecule has 11 heavy (non-hydrogen) atoms. The van der Waals surface area contributed by atoms with E-state index in [1.807, 2.05) is 0 Å². The molecule has 66 valence electrons. The van der Waals surface area contributed by atoms with Gasteiger partial charge in [0.05, 0.1) is 29.3 Å². The summed E-state index contributed by atoms with van der Waals surface area (Å²) in [6.45, 7) is -5.87. The van der Waals surface area contributed by atoms with Gasteiger partial charge in [0.15, 0.2) is 0 Å². The number of likely N-dealkylation sites (N-methyl/N-ethyl adjacent to an activating group) is 1. The van der Waals surface area contributed by atoms with Crippen LogP contribution in [-0.2, 0) is 4.79 Å². The van der Waals surface area contributed by atoms with Crippen molar-refractivity contribution in [3.8, 4) is 0 Å². The fourth-order valence-corrected chi connectivity index (χ4v) is 0.499. The quantitative estimate of drug-likeness (QED) is 0.502. The number of carboxylic acids is 1. The van der Waals surface area contributed by atoms with Gasteiger partial charge in [0.1, 0.15) is 12.6 Å². The van der Waals surface area contributed by atoms with Crippen LogP contribution in [0.3, 0.4) is 0 Å². The zero-order chi connectivity index (χ0) is 14.3. The van der Waals surface area contributed by atoms with Crippen molar-refractivity contribution in [1.29, 1.82) is 0 Å². The van der Waals surface area contributed by atoms with Gasteiger partial charge in [0.2, 0.25) is 0 Å². The van der Waals surface area contributed by atoms with E-state index in [1.165, 1.54) is 0 Å². The van der Waals surface area contributed by atoms with E-state index in [2.05, 4.69) is 0 Å². The molecule has 0 bridgehead atoms. The molecule has 0 aliphatic rings. The molecule has 0 aromatic rings. The number of rotatable bonds is 4. The Morgan fingerprint density at radius 1 is 2.00 bits per heavy atom. The van der Waals surface area contributed by atoms with Crippen LogP contribution in [-0.4, -0.2) is 49.2 Å². The van der Waals surface area contributed by atoms with Crippen LogP contribution >= 0.6 is 0 Å². The van der Waals surface area contributed by atoms with Crippen LogP contribution < -0.4 is 5.11 Å². The largest absolute Gasteiger partial charge is 0.550 e. The highest BCUT2D eigenvalue weighted by Crippen LogP contribution is 1.97. The van der Waals surface area contributed by atoms with Gasteiger partial charge < -0.3 is 19.5 Å². The molecule has 0 aliphatic carbocycles. The first-order valence-corrected chi connectivity index (χ1v) is 2.93. The summed E-state index contributed by atoms with van der Waals surface area (Å²) in [5, 5.41) is 19.8. The van der Waals surface area contributed by atoms with Crippen molar-refractivity contribution >= 4 is 5.97 Å². The van der Waals surface area contributed by atoms with E-state index in [0.717, 1.165) is 14.1 Å². The third kappa shape index (κ3) is 7.29. The summed E-state index contributed by atoms with van der Waals surface area (Å²) in [5.74, 6) is -1.84. The van der Waals surface area contributed by atoms with Crippen LogP contribution in [0.1, 0.15) is 14.6 Å². The molecule has 0 spiro atoms. The molecule has 0 rings (SSSR count). The fourth-order valence-electron chi connectivity index (χ4n) is 0.499. The number of aliphatic hydroxyl groups is 1. The second-order valence-electron chi connectivity index (χ2n) is 2.56. The first kappa shape index (κ1) is 3.87. The Hall–Kier alpha value is -0.610. The molecule has 1 N–H and O–H groups in total. The summed E-state index contributed by atoms with van der Waals surface area (Å²) < 4.78 is 42.5. The van der Waals surface area contributed by atoms with Crippen molar-refractivity contribution in [3.05, 3.63) is 0 Å². The van der Waals surface area contributed by atoms with E-state index in [-0.39, 0.29) is 0 Å². The summed E-state index contributed by atoms with van der Waals surface area (Å²) in [6, 6.07) is 0. The van der Waals surface area contributed by atoms with Gasteiger partial charge in [-0.2, -0.15) is 0 Å².